The number of hydrogen-bond acceptors (Lipinski definition) is 7. The summed E-state index contributed by atoms with van der Waals surface area (Å²) in [6.07, 6.45) is 6.79. The van der Waals surface area contributed by atoms with E-state index in [1.807, 2.05) is 17.0 Å². The summed E-state index contributed by atoms with van der Waals surface area (Å²) in [5.41, 5.74) is 11.2. The molecular weight excluding hydrogens is 717 g/mol. The highest BCUT2D eigenvalue weighted by atomic mass is 16.5. The van der Waals surface area contributed by atoms with Crippen LogP contribution in [-0.4, -0.2) is 66.9 Å². The van der Waals surface area contributed by atoms with E-state index in [0.717, 1.165) is 63.6 Å². The highest BCUT2D eigenvalue weighted by Crippen LogP contribution is 2.33. The van der Waals surface area contributed by atoms with Crippen molar-refractivity contribution < 1.29 is 23.9 Å². The lowest BCUT2D eigenvalue weighted by Gasteiger charge is -2.24. The van der Waals surface area contributed by atoms with Gasteiger partial charge in [-0.25, -0.2) is 0 Å². The molecule has 2 aliphatic rings. The Morgan fingerprint density at radius 1 is 0.754 bits per heavy atom. The fourth-order valence-corrected chi connectivity index (χ4v) is 7.05. The molecule has 11 nitrogen and oxygen atoms in total. The summed E-state index contributed by atoms with van der Waals surface area (Å²) < 4.78 is 5.51. The zero-order chi connectivity index (χ0) is 39.6. The van der Waals surface area contributed by atoms with Crippen LogP contribution in [-0.2, 0) is 17.8 Å². The van der Waals surface area contributed by atoms with Gasteiger partial charge in [-0.15, -0.1) is 0 Å². The van der Waals surface area contributed by atoms with Gasteiger partial charge in [0.25, 0.3) is 23.6 Å². The molecule has 7 rings (SSSR count). The molecule has 1 atom stereocenters. The van der Waals surface area contributed by atoms with Gasteiger partial charge in [-0.1, -0.05) is 67.4 Å². The number of hydrogen-bond donors (Lipinski definition) is 5. The van der Waals surface area contributed by atoms with Crippen LogP contribution >= 0.6 is 0 Å². The third kappa shape index (κ3) is 10.8. The molecule has 57 heavy (non-hydrogen) atoms. The van der Waals surface area contributed by atoms with Crippen LogP contribution in [0.1, 0.15) is 80.7 Å². The number of nitrogens with one attached hydrogen (secondary N) is 4. The van der Waals surface area contributed by atoms with Crippen molar-refractivity contribution in [3.8, 4) is 5.75 Å². The molecule has 11 heteroatoms. The van der Waals surface area contributed by atoms with Crippen LogP contribution < -0.4 is 31.7 Å². The fourth-order valence-electron chi connectivity index (χ4n) is 7.05. The van der Waals surface area contributed by atoms with E-state index >= 15 is 0 Å². The maximum absolute atomic E-state index is 13.5. The molecule has 294 valence electrons. The molecule has 0 unspecified atom stereocenters. The van der Waals surface area contributed by atoms with Gasteiger partial charge in [0, 0.05) is 54.1 Å². The van der Waals surface area contributed by atoms with Gasteiger partial charge < -0.3 is 36.6 Å². The molecular formula is C46H50N6O5. The van der Waals surface area contributed by atoms with Gasteiger partial charge in [-0.3, -0.25) is 19.2 Å². The van der Waals surface area contributed by atoms with Crippen LogP contribution in [0.15, 0.2) is 109 Å². The number of amides is 4. The Balaban J connectivity index is 0.776. The first kappa shape index (κ1) is 39.2. The third-order valence-corrected chi connectivity index (χ3v) is 10.4. The van der Waals surface area contributed by atoms with Crippen molar-refractivity contribution >= 4 is 45.8 Å². The average Bonchev–Trinajstić information content (AvgIpc) is 4.08. The molecule has 0 saturated heterocycles. The van der Waals surface area contributed by atoms with Gasteiger partial charge in [-0.2, -0.15) is 0 Å². The lowest BCUT2D eigenvalue weighted by molar-refractivity contribution is -0.118. The smallest absolute Gasteiger partial charge is 0.262 e. The van der Waals surface area contributed by atoms with Gasteiger partial charge in [0.15, 0.2) is 6.61 Å². The molecule has 1 heterocycles. The Kier molecular flexibility index (Phi) is 12.9. The molecule has 1 saturated carbocycles. The molecule has 5 aromatic carbocycles. The number of carbonyl (C=O) groups excluding carboxylic acids is 4. The maximum Gasteiger partial charge on any atom is 0.262 e. The SMILES string of the molecule is N[C@H](CNCCCCCCNC(=O)c1ccc(NC(=O)c2ccc(CN(C(=O)c3ccc4c(c3)OCC(=O)N4)C3CC3)cc2)cc1)Cc1ccc2ccccc2c1. The van der Waals surface area contributed by atoms with Crippen molar-refractivity contribution in [1.82, 2.24) is 15.5 Å². The van der Waals surface area contributed by atoms with Crippen molar-refractivity contribution in [1.29, 1.82) is 0 Å². The predicted molar refractivity (Wildman–Crippen MR) is 224 cm³/mol. The van der Waals surface area contributed by atoms with Gasteiger partial charge >= 0.3 is 0 Å². The monoisotopic (exact) mass is 766 g/mol. The summed E-state index contributed by atoms with van der Waals surface area (Å²) in [5, 5.41) is 14.6. The topological polar surface area (TPSA) is 155 Å². The second-order valence-electron chi connectivity index (χ2n) is 15.0. The van der Waals surface area contributed by atoms with Crippen LogP contribution in [0.4, 0.5) is 11.4 Å². The summed E-state index contributed by atoms with van der Waals surface area (Å²) in [6, 6.07) is 34.3. The van der Waals surface area contributed by atoms with Crippen molar-refractivity contribution in [2.75, 3.05) is 36.9 Å². The van der Waals surface area contributed by atoms with Gasteiger partial charge in [0.1, 0.15) is 5.75 Å². The van der Waals surface area contributed by atoms with Crippen LogP contribution in [0.5, 0.6) is 5.75 Å². The first-order valence-electron chi connectivity index (χ1n) is 19.9. The van der Waals surface area contributed by atoms with Crippen LogP contribution in [0.3, 0.4) is 0 Å². The number of unbranched alkanes of at least 4 members (excludes halogenated alkanes) is 3. The standard InChI is InChI=1S/C46H50N6O5/c47-38(26-32-11-12-33-7-3-4-8-36(33)25-32)28-48-23-5-1-2-6-24-49-44(54)34-15-18-39(19-16-34)50-45(55)35-13-9-31(10-14-35)29-52(40-20-21-40)46(56)37-17-22-41-42(27-37)57-30-43(53)51-41/h3-4,7-19,22,25,27,38,40,48H,1-2,5-6,20-21,23-24,26,28-30,47H2,(H,49,54)(H,50,55)(H,51,53)/t38-/m0/s1. The Morgan fingerprint density at radius 3 is 2.21 bits per heavy atom. The zero-order valence-corrected chi connectivity index (χ0v) is 32.1. The summed E-state index contributed by atoms with van der Waals surface area (Å²) in [5.74, 6) is -0.256. The quantitative estimate of drug-likeness (QED) is 0.0624. The molecule has 4 amide bonds. The van der Waals surface area contributed by atoms with Crippen molar-refractivity contribution in [2.24, 2.45) is 5.73 Å². The van der Waals surface area contributed by atoms with Crippen LogP contribution in [0.2, 0.25) is 0 Å². The van der Waals surface area contributed by atoms with E-state index in [4.69, 9.17) is 10.5 Å². The van der Waals surface area contributed by atoms with Crippen molar-refractivity contribution in [3.05, 3.63) is 137 Å². The molecule has 0 spiro atoms. The van der Waals surface area contributed by atoms with E-state index in [9.17, 15) is 19.2 Å². The molecule has 1 aliphatic heterocycles. The minimum atomic E-state index is -0.269. The zero-order valence-electron chi connectivity index (χ0n) is 32.1. The lowest BCUT2D eigenvalue weighted by atomic mass is 10.0. The average molecular weight is 767 g/mol. The number of rotatable bonds is 18. The Labute approximate surface area is 333 Å². The summed E-state index contributed by atoms with van der Waals surface area (Å²) in [4.78, 5) is 52.7. The molecule has 0 aromatic heterocycles. The van der Waals surface area contributed by atoms with Gasteiger partial charge in [0.2, 0.25) is 0 Å². The number of nitrogens with two attached hydrogens (primary N) is 1. The maximum atomic E-state index is 13.5. The highest BCUT2D eigenvalue weighted by Gasteiger charge is 2.33. The van der Waals surface area contributed by atoms with E-state index in [0.29, 0.717) is 46.9 Å². The third-order valence-electron chi connectivity index (χ3n) is 10.4. The van der Waals surface area contributed by atoms with E-state index in [2.05, 4.69) is 63.7 Å². The van der Waals surface area contributed by atoms with E-state index < -0.39 is 0 Å². The summed E-state index contributed by atoms with van der Waals surface area (Å²) in [6.45, 7) is 2.64. The fraction of sp³-hybridized carbons (Fsp3) is 0.304. The number of benzene rings is 5. The van der Waals surface area contributed by atoms with Gasteiger partial charge in [-0.05, 0) is 115 Å². The normalized spacial score (nSPS) is 13.9. The van der Waals surface area contributed by atoms with Crippen LogP contribution in [0, 0.1) is 0 Å². The molecule has 6 N–H and O–H groups in total. The van der Waals surface area contributed by atoms with Crippen LogP contribution in [0.25, 0.3) is 10.8 Å². The number of nitrogens with zero attached hydrogens (tertiary/aromatic N) is 1. The number of fused-ring (bicyclic) bond motifs is 2. The minimum Gasteiger partial charge on any atom is -0.482 e. The first-order valence-corrected chi connectivity index (χ1v) is 19.9. The number of carbonyl (C=O) groups is 4. The molecule has 1 fully saturated rings. The predicted octanol–water partition coefficient (Wildman–Crippen LogP) is 6.68. The molecule has 0 bridgehead atoms. The Bertz CT molecular complexity index is 2200. The summed E-state index contributed by atoms with van der Waals surface area (Å²) >= 11 is 0. The largest absolute Gasteiger partial charge is 0.482 e. The van der Waals surface area contributed by atoms with Gasteiger partial charge in [0.05, 0.1) is 5.69 Å². The molecule has 0 radical (unpaired) electrons. The molecule has 5 aromatic rings. The minimum absolute atomic E-state index is 0.0672. The van der Waals surface area contributed by atoms with E-state index in [1.165, 1.54) is 16.3 Å². The van der Waals surface area contributed by atoms with E-state index in [-0.39, 0.29) is 42.3 Å². The van der Waals surface area contributed by atoms with E-state index in [1.54, 1.807) is 54.6 Å². The molecule has 1 aliphatic carbocycles. The van der Waals surface area contributed by atoms with Crippen molar-refractivity contribution in [2.45, 2.75) is 63.6 Å². The first-order chi connectivity index (χ1) is 27.8. The highest BCUT2D eigenvalue weighted by molar-refractivity contribution is 6.04. The second kappa shape index (κ2) is 18.7. The Morgan fingerprint density at radius 2 is 1.44 bits per heavy atom. The summed E-state index contributed by atoms with van der Waals surface area (Å²) in [7, 11) is 0. The number of ether oxygens (including phenoxy) is 1. The Hall–Kier alpha value is -6.04. The number of anilines is 2. The second-order valence-corrected chi connectivity index (χ2v) is 15.0. The van der Waals surface area contributed by atoms with Crippen molar-refractivity contribution in [3.63, 3.8) is 0 Å². The lowest BCUT2D eigenvalue weighted by Crippen LogP contribution is -2.36.